The third-order valence-electron chi connectivity index (χ3n) is 5.04. The van der Waals surface area contributed by atoms with E-state index in [2.05, 4.69) is 13.8 Å². The summed E-state index contributed by atoms with van der Waals surface area (Å²) in [6, 6.07) is 6.72. The number of benzene rings is 1. The zero-order valence-corrected chi connectivity index (χ0v) is 18.9. The van der Waals surface area contributed by atoms with Gasteiger partial charge >= 0.3 is 5.97 Å². The number of aldehydes is 1. The number of carbonyl (C=O) groups is 3. The zero-order chi connectivity index (χ0) is 23.9. The molecule has 0 amide bonds. The van der Waals surface area contributed by atoms with Crippen LogP contribution in [0.5, 0.6) is 0 Å². The van der Waals surface area contributed by atoms with Gasteiger partial charge in [0.1, 0.15) is 12.4 Å². The molecule has 7 nitrogen and oxygen atoms in total. The maximum Gasteiger partial charge on any atom is 0.338 e. The highest BCUT2D eigenvalue weighted by atomic mass is 16.5. The normalized spacial score (nSPS) is 23.1. The number of rotatable bonds is 9. The number of ketones is 1. The summed E-state index contributed by atoms with van der Waals surface area (Å²) in [6.07, 6.45) is 9.65. The molecule has 0 bridgehead atoms. The number of anilines is 1. The topological polar surface area (TPSA) is 127 Å². The summed E-state index contributed by atoms with van der Waals surface area (Å²) < 4.78 is 5.03. The molecule has 2 rings (SSSR count). The Morgan fingerprint density at radius 2 is 1.84 bits per heavy atom. The molecule has 1 saturated carbocycles. The van der Waals surface area contributed by atoms with Gasteiger partial charge < -0.3 is 25.5 Å². The minimum Gasteiger partial charge on any atom is -0.462 e. The molecule has 1 aliphatic rings. The molecule has 4 unspecified atom stereocenters. The molecule has 1 fully saturated rings. The summed E-state index contributed by atoms with van der Waals surface area (Å²) >= 11 is 0. The Bertz CT molecular complexity index is 771. The molecule has 0 aromatic heterocycles. The highest BCUT2D eigenvalue weighted by Crippen LogP contribution is 2.28. The van der Waals surface area contributed by atoms with Gasteiger partial charge in [-0.3, -0.25) is 4.79 Å². The van der Waals surface area contributed by atoms with Crippen LogP contribution in [0.15, 0.2) is 48.6 Å². The maximum absolute atomic E-state index is 11.6. The molecule has 1 aromatic rings. The molecular weight excluding hydrogens is 410 g/mol. The first-order valence-corrected chi connectivity index (χ1v) is 11.1. The van der Waals surface area contributed by atoms with Crippen LogP contribution in [0.3, 0.4) is 0 Å². The molecule has 4 atom stereocenters. The summed E-state index contributed by atoms with van der Waals surface area (Å²) in [5, 5.41) is 18.9. The van der Waals surface area contributed by atoms with E-state index in [-0.39, 0.29) is 18.3 Å². The monoisotopic (exact) mass is 445 g/mol. The number of allylic oxidation sites excluding steroid dienone is 4. The molecule has 7 heteroatoms. The van der Waals surface area contributed by atoms with Crippen LogP contribution in [-0.2, 0) is 14.3 Å². The van der Waals surface area contributed by atoms with Crippen molar-refractivity contribution in [1.82, 2.24) is 0 Å². The van der Waals surface area contributed by atoms with E-state index in [4.69, 9.17) is 10.5 Å². The van der Waals surface area contributed by atoms with Crippen LogP contribution in [0, 0.1) is 11.8 Å². The fourth-order valence-electron chi connectivity index (χ4n) is 3.08. The van der Waals surface area contributed by atoms with E-state index >= 15 is 0 Å². The summed E-state index contributed by atoms with van der Waals surface area (Å²) in [5.41, 5.74) is 6.70. The zero-order valence-electron chi connectivity index (χ0n) is 18.9. The lowest BCUT2D eigenvalue weighted by Crippen LogP contribution is -2.47. The highest BCUT2D eigenvalue weighted by Gasteiger charge is 2.41. The SMILES string of the molecule is CCCC=CC=CC1CC(O)C(O)C(=O)C1C=O.CCCCOC(=O)c1ccc(N)cc1. The van der Waals surface area contributed by atoms with Crippen LogP contribution in [0.4, 0.5) is 5.69 Å². The molecule has 32 heavy (non-hydrogen) atoms. The van der Waals surface area contributed by atoms with Crippen molar-refractivity contribution in [1.29, 1.82) is 0 Å². The van der Waals surface area contributed by atoms with Crippen molar-refractivity contribution in [2.75, 3.05) is 12.3 Å². The number of aliphatic hydroxyl groups is 2. The van der Waals surface area contributed by atoms with Crippen LogP contribution in [0.1, 0.15) is 56.3 Å². The summed E-state index contributed by atoms with van der Waals surface area (Å²) in [5.74, 6) is -2.05. The second kappa shape index (κ2) is 15.1. The Morgan fingerprint density at radius 3 is 2.44 bits per heavy atom. The summed E-state index contributed by atoms with van der Waals surface area (Å²) in [4.78, 5) is 33.9. The number of nitrogens with two attached hydrogens (primary N) is 1. The Balaban J connectivity index is 0.000000330. The standard InChI is InChI=1S/C14H20O4.C11H15NO2/c1-2-3-4-5-6-7-10-8-12(16)14(18)13(17)11(10)9-15;1-2-3-8-14-11(13)9-4-6-10(12)7-5-9/h4-7,9-12,14,16,18H,2-3,8H2,1H3;4-7H,2-3,8,12H2,1H3. The first kappa shape index (κ1) is 27.3. The van der Waals surface area contributed by atoms with Crippen molar-refractivity contribution in [3.63, 3.8) is 0 Å². The van der Waals surface area contributed by atoms with Crippen molar-refractivity contribution in [2.24, 2.45) is 11.8 Å². The third kappa shape index (κ3) is 9.16. The van der Waals surface area contributed by atoms with Crippen molar-refractivity contribution < 1.29 is 29.3 Å². The Hall–Kier alpha value is -2.77. The predicted octanol–water partition coefficient (Wildman–Crippen LogP) is 3.25. The molecule has 1 aromatic carbocycles. The van der Waals surface area contributed by atoms with Crippen molar-refractivity contribution in [3.8, 4) is 0 Å². The largest absolute Gasteiger partial charge is 0.462 e. The molecule has 0 aliphatic heterocycles. The van der Waals surface area contributed by atoms with Gasteiger partial charge in [-0.25, -0.2) is 4.79 Å². The van der Waals surface area contributed by atoms with Gasteiger partial charge in [-0.2, -0.15) is 0 Å². The average molecular weight is 446 g/mol. The van der Waals surface area contributed by atoms with Gasteiger partial charge in [-0.05, 0) is 49.4 Å². The second-order valence-corrected chi connectivity index (χ2v) is 7.69. The molecule has 176 valence electrons. The first-order valence-electron chi connectivity index (χ1n) is 11.1. The van der Waals surface area contributed by atoms with E-state index in [0.29, 0.717) is 24.1 Å². The van der Waals surface area contributed by atoms with E-state index in [0.717, 1.165) is 25.7 Å². The number of hydrogen-bond donors (Lipinski definition) is 3. The average Bonchev–Trinajstić information content (AvgIpc) is 2.78. The molecule has 0 heterocycles. The van der Waals surface area contributed by atoms with E-state index < -0.39 is 23.9 Å². The van der Waals surface area contributed by atoms with Gasteiger partial charge in [0.05, 0.1) is 24.2 Å². The van der Waals surface area contributed by atoms with E-state index in [1.807, 2.05) is 12.2 Å². The van der Waals surface area contributed by atoms with Crippen LogP contribution in [0.2, 0.25) is 0 Å². The number of aliphatic hydroxyl groups excluding tert-OH is 2. The lowest BCUT2D eigenvalue weighted by atomic mass is 9.76. The van der Waals surface area contributed by atoms with Gasteiger partial charge in [0, 0.05) is 5.69 Å². The molecule has 0 radical (unpaired) electrons. The van der Waals surface area contributed by atoms with Gasteiger partial charge in [-0.15, -0.1) is 0 Å². The Labute approximate surface area is 190 Å². The molecule has 0 spiro atoms. The highest BCUT2D eigenvalue weighted by molar-refractivity contribution is 5.97. The maximum atomic E-state index is 11.6. The van der Waals surface area contributed by atoms with Crippen LogP contribution >= 0.6 is 0 Å². The van der Waals surface area contributed by atoms with Gasteiger partial charge in [0.2, 0.25) is 0 Å². The van der Waals surface area contributed by atoms with E-state index in [9.17, 15) is 24.6 Å². The smallest absolute Gasteiger partial charge is 0.338 e. The van der Waals surface area contributed by atoms with Gasteiger partial charge in [-0.1, -0.05) is 51.0 Å². The third-order valence-corrected chi connectivity index (χ3v) is 5.04. The Morgan fingerprint density at radius 1 is 1.16 bits per heavy atom. The van der Waals surface area contributed by atoms with E-state index in [1.165, 1.54) is 0 Å². The Kier molecular flexibility index (Phi) is 12.9. The summed E-state index contributed by atoms with van der Waals surface area (Å²) in [6.45, 7) is 4.62. The van der Waals surface area contributed by atoms with Gasteiger partial charge in [0.15, 0.2) is 5.78 Å². The number of Topliss-reactive ketones (excluding diaryl/α,β-unsaturated/α-hetero) is 1. The number of ether oxygens (including phenoxy) is 1. The summed E-state index contributed by atoms with van der Waals surface area (Å²) in [7, 11) is 0. The van der Waals surface area contributed by atoms with Crippen LogP contribution in [-0.4, -0.2) is 47.1 Å². The molecule has 0 saturated heterocycles. The number of nitrogen functional groups attached to an aromatic ring is 1. The number of unbranched alkanes of at least 4 members (excludes halogenated alkanes) is 2. The van der Waals surface area contributed by atoms with E-state index in [1.54, 1.807) is 36.4 Å². The lowest BCUT2D eigenvalue weighted by molar-refractivity contribution is -0.146. The van der Waals surface area contributed by atoms with Crippen molar-refractivity contribution >= 4 is 23.7 Å². The van der Waals surface area contributed by atoms with Crippen molar-refractivity contribution in [2.45, 2.75) is 58.2 Å². The fourth-order valence-corrected chi connectivity index (χ4v) is 3.08. The number of carbonyl (C=O) groups excluding carboxylic acids is 3. The fraction of sp³-hybridized carbons (Fsp3) is 0.480. The quantitative estimate of drug-likeness (QED) is 0.133. The number of esters is 1. The minimum absolute atomic E-state index is 0.231. The lowest BCUT2D eigenvalue weighted by Gasteiger charge is -2.31. The predicted molar refractivity (Wildman–Crippen MR) is 124 cm³/mol. The first-order chi connectivity index (χ1) is 15.3. The van der Waals surface area contributed by atoms with Crippen molar-refractivity contribution in [3.05, 3.63) is 54.1 Å². The molecule has 4 N–H and O–H groups in total. The molecular formula is C25H35NO6. The van der Waals surface area contributed by atoms with Crippen LogP contribution in [0.25, 0.3) is 0 Å². The van der Waals surface area contributed by atoms with Gasteiger partial charge in [0.25, 0.3) is 0 Å². The van der Waals surface area contributed by atoms with Crippen LogP contribution < -0.4 is 5.73 Å². The number of hydrogen-bond acceptors (Lipinski definition) is 7. The molecule has 1 aliphatic carbocycles. The minimum atomic E-state index is -1.43. The second-order valence-electron chi connectivity index (χ2n) is 7.69.